The topological polar surface area (TPSA) is 46.5 Å². The van der Waals surface area contributed by atoms with Gasteiger partial charge in [-0.05, 0) is 25.1 Å². The first-order valence-corrected chi connectivity index (χ1v) is 4.20. The molecule has 1 aromatic carbocycles. The number of ether oxygens (including phenoxy) is 1. The van der Waals surface area contributed by atoms with Crippen molar-refractivity contribution in [3.8, 4) is 17.6 Å². The van der Waals surface area contributed by atoms with Gasteiger partial charge in [0, 0.05) is 11.5 Å². The molecule has 0 amide bonds. The average Bonchev–Trinajstić information content (AvgIpc) is 2.16. The van der Waals surface area contributed by atoms with Crippen LogP contribution in [0.25, 0.3) is 0 Å². The Hall–Kier alpha value is -1.95. The van der Waals surface area contributed by atoms with Crippen LogP contribution in [-0.2, 0) is 4.79 Å². The lowest BCUT2D eigenvalue weighted by Gasteiger charge is -2.01. The highest BCUT2D eigenvalue weighted by molar-refractivity contribution is 5.87. The van der Waals surface area contributed by atoms with Gasteiger partial charge in [0.25, 0.3) is 0 Å². The zero-order valence-corrected chi connectivity index (χ0v) is 7.78. The molecule has 0 aliphatic rings. The molecular weight excluding hydrogens is 180 g/mol. The molecule has 0 aliphatic heterocycles. The maximum atomic E-state index is 10.2. The Morgan fingerprint density at radius 1 is 1.57 bits per heavy atom. The second-order valence-electron chi connectivity index (χ2n) is 2.52. The molecule has 0 aliphatic carbocycles. The van der Waals surface area contributed by atoms with Gasteiger partial charge in [0.2, 0.25) is 0 Å². The van der Waals surface area contributed by atoms with Crippen LogP contribution >= 0.6 is 0 Å². The van der Waals surface area contributed by atoms with Gasteiger partial charge in [0.1, 0.15) is 5.75 Å². The highest BCUT2D eigenvalue weighted by Crippen LogP contribution is 2.11. The van der Waals surface area contributed by atoms with Gasteiger partial charge in [-0.3, -0.25) is 0 Å². The minimum atomic E-state index is -1.13. The van der Waals surface area contributed by atoms with E-state index in [9.17, 15) is 4.79 Å². The average molecular weight is 190 g/mol. The Morgan fingerprint density at radius 2 is 2.36 bits per heavy atom. The van der Waals surface area contributed by atoms with E-state index in [4.69, 9.17) is 9.84 Å². The third-order valence-electron chi connectivity index (χ3n) is 1.46. The van der Waals surface area contributed by atoms with E-state index in [1.54, 1.807) is 24.3 Å². The summed E-state index contributed by atoms with van der Waals surface area (Å²) in [6.45, 7) is 2.46. The van der Waals surface area contributed by atoms with Gasteiger partial charge >= 0.3 is 5.97 Å². The number of rotatable bonds is 2. The standard InChI is InChI=1S/C11H10O3/c1-2-14-10-5-3-4-9(8-10)6-7-11(12)13/h3-5,8H,2H2,1H3,(H,12,13). The van der Waals surface area contributed by atoms with Gasteiger partial charge in [-0.2, -0.15) is 0 Å². The Kier molecular flexibility index (Phi) is 3.57. The van der Waals surface area contributed by atoms with Gasteiger partial charge in [0.05, 0.1) is 6.61 Å². The fourth-order valence-electron chi connectivity index (χ4n) is 0.956. The summed E-state index contributed by atoms with van der Waals surface area (Å²) in [5.41, 5.74) is 0.637. The third kappa shape index (κ3) is 3.20. The molecular formula is C11H10O3. The molecule has 3 nitrogen and oxygen atoms in total. The summed E-state index contributed by atoms with van der Waals surface area (Å²) >= 11 is 0. The normalized spacial score (nSPS) is 8.64. The van der Waals surface area contributed by atoms with Gasteiger partial charge in [-0.1, -0.05) is 12.0 Å². The van der Waals surface area contributed by atoms with Crippen LogP contribution in [0.15, 0.2) is 24.3 Å². The van der Waals surface area contributed by atoms with Crippen molar-refractivity contribution in [2.75, 3.05) is 6.61 Å². The number of carbonyl (C=O) groups is 1. The molecule has 0 bridgehead atoms. The van der Waals surface area contributed by atoms with Crippen LogP contribution in [0, 0.1) is 11.8 Å². The molecule has 14 heavy (non-hydrogen) atoms. The first-order chi connectivity index (χ1) is 6.72. The molecule has 3 heteroatoms. The summed E-state index contributed by atoms with van der Waals surface area (Å²) in [5, 5.41) is 8.34. The van der Waals surface area contributed by atoms with Crippen molar-refractivity contribution in [1.29, 1.82) is 0 Å². The molecule has 0 saturated heterocycles. The molecule has 0 atom stereocenters. The van der Waals surface area contributed by atoms with Crippen molar-refractivity contribution < 1.29 is 14.6 Å². The molecule has 1 aromatic rings. The first-order valence-electron chi connectivity index (χ1n) is 4.20. The van der Waals surface area contributed by atoms with E-state index in [1.165, 1.54) is 0 Å². The SMILES string of the molecule is CCOc1cccc(C#CC(=O)O)c1. The second-order valence-corrected chi connectivity index (χ2v) is 2.52. The van der Waals surface area contributed by atoms with Crippen LogP contribution in [0.3, 0.4) is 0 Å². The molecule has 0 spiro atoms. The van der Waals surface area contributed by atoms with Crippen molar-refractivity contribution in [1.82, 2.24) is 0 Å². The number of aliphatic carboxylic acids is 1. The lowest BCUT2D eigenvalue weighted by atomic mass is 10.2. The summed E-state index contributed by atoms with van der Waals surface area (Å²) in [4.78, 5) is 10.2. The van der Waals surface area contributed by atoms with E-state index in [0.29, 0.717) is 17.9 Å². The maximum Gasteiger partial charge on any atom is 0.382 e. The Balaban J connectivity index is 2.85. The predicted molar refractivity (Wildman–Crippen MR) is 52.1 cm³/mol. The highest BCUT2D eigenvalue weighted by Gasteiger charge is 1.93. The second kappa shape index (κ2) is 4.93. The molecule has 1 N–H and O–H groups in total. The predicted octanol–water partition coefficient (Wildman–Crippen LogP) is 1.52. The molecule has 1 rings (SSSR count). The summed E-state index contributed by atoms with van der Waals surface area (Å²) < 4.78 is 5.24. The molecule has 0 saturated carbocycles. The lowest BCUT2D eigenvalue weighted by molar-refractivity contribution is -0.130. The van der Waals surface area contributed by atoms with Crippen molar-refractivity contribution in [2.24, 2.45) is 0 Å². The van der Waals surface area contributed by atoms with Crippen LogP contribution < -0.4 is 4.74 Å². The summed E-state index contributed by atoms with van der Waals surface area (Å²) in [6.07, 6.45) is 0. The quantitative estimate of drug-likeness (QED) is 0.719. The van der Waals surface area contributed by atoms with E-state index in [2.05, 4.69) is 5.92 Å². The van der Waals surface area contributed by atoms with Gasteiger partial charge in [0.15, 0.2) is 0 Å². The number of carboxylic acids is 1. The zero-order valence-electron chi connectivity index (χ0n) is 7.78. The fourth-order valence-corrected chi connectivity index (χ4v) is 0.956. The van der Waals surface area contributed by atoms with Crippen LogP contribution in [0.5, 0.6) is 5.75 Å². The third-order valence-corrected chi connectivity index (χ3v) is 1.46. The molecule has 0 heterocycles. The Labute approximate surface area is 82.3 Å². The van der Waals surface area contributed by atoms with E-state index < -0.39 is 5.97 Å². The van der Waals surface area contributed by atoms with Crippen LogP contribution in [0.4, 0.5) is 0 Å². The van der Waals surface area contributed by atoms with Crippen molar-refractivity contribution >= 4 is 5.97 Å². The van der Waals surface area contributed by atoms with Crippen molar-refractivity contribution in [3.63, 3.8) is 0 Å². The van der Waals surface area contributed by atoms with Gasteiger partial charge in [-0.25, -0.2) is 4.79 Å². The lowest BCUT2D eigenvalue weighted by Crippen LogP contribution is -1.91. The van der Waals surface area contributed by atoms with E-state index in [1.807, 2.05) is 12.8 Å². The van der Waals surface area contributed by atoms with Crippen LogP contribution in [-0.4, -0.2) is 17.7 Å². The minimum Gasteiger partial charge on any atom is -0.494 e. The van der Waals surface area contributed by atoms with E-state index in [0.717, 1.165) is 0 Å². The Morgan fingerprint density at radius 3 is 3.00 bits per heavy atom. The highest BCUT2D eigenvalue weighted by atomic mass is 16.5. The monoisotopic (exact) mass is 190 g/mol. The number of carboxylic acid groups (broad SMARTS) is 1. The minimum absolute atomic E-state index is 0.579. The smallest absolute Gasteiger partial charge is 0.382 e. The van der Waals surface area contributed by atoms with Crippen molar-refractivity contribution in [2.45, 2.75) is 6.92 Å². The fraction of sp³-hybridized carbons (Fsp3) is 0.182. The molecule has 0 radical (unpaired) electrons. The summed E-state index contributed by atoms with van der Waals surface area (Å²) in [6, 6.07) is 7.02. The van der Waals surface area contributed by atoms with Crippen LogP contribution in [0.2, 0.25) is 0 Å². The summed E-state index contributed by atoms with van der Waals surface area (Å²) in [5.74, 6) is 4.12. The number of hydrogen-bond donors (Lipinski definition) is 1. The van der Waals surface area contributed by atoms with Crippen LogP contribution in [0.1, 0.15) is 12.5 Å². The first kappa shape index (κ1) is 10.1. The molecule has 0 fully saturated rings. The summed E-state index contributed by atoms with van der Waals surface area (Å²) in [7, 11) is 0. The molecule has 0 unspecified atom stereocenters. The van der Waals surface area contributed by atoms with E-state index in [-0.39, 0.29) is 0 Å². The zero-order chi connectivity index (χ0) is 10.4. The molecule has 72 valence electrons. The largest absolute Gasteiger partial charge is 0.494 e. The van der Waals surface area contributed by atoms with Gasteiger partial charge < -0.3 is 9.84 Å². The molecule has 0 aromatic heterocycles. The number of hydrogen-bond acceptors (Lipinski definition) is 2. The maximum absolute atomic E-state index is 10.2. The van der Waals surface area contributed by atoms with E-state index >= 15 is 0 Å². The Bertz CT molecular complexity index is 385. The van der Waals surface area contributed by atoms with Crippen molar-refractivity contribution in [3.05, 3.63) is 29.8 Å². The van der Waals surface area contributed by atoms with Gasteiger partial charge in [-0.15, -0.1) is 0 Å². The number of benzene rings is 1.